The van der Waals surface area contributed by atoms with Crippen LogP contribution in [0.1, 0.15) is 15.9 Å². The van der Waals surface area contributed by atoms with Gasteiger partial charge in [-0.1, -0.05) is 0 Å². The summed E-state index contributed by atoms with van der Waals surface area (Å²) in [6.45, 7) is 0.112. The van der Waals surface area contributed by atoms with Gasteiger partial charge in [-0.3, -0.25) is 4.68 Å². The van der Waals surface area contributed by atoms with E-state index in [-0.39, 0.29) is 22.8 Å². The van der Waals surface area contributed by atoms with Gasteiger partial charge in [0.2, 0.25) is 0 Å². The van der Waals surface area contributed by atoms with Gasteiger partial charge in [0.05, 0.1) is 11.1 Å². The molecule has 2 rings (SSSR count). The van der Waals surface area contributed by atoms with Crippen molar-refractivity contribution in [2.75, 3.05) is 0 Å². The number of nitrogens with zero attached hydrogens (tertiary/aromatic N) is 2. The van der Waals surface area contributed by atoms with Crippen molar-refractivity contribution < 1.29 is 23.1 Å². The highest BCUT2D eigenvalue weighted by molar-refractivity contribution is 8.13. The zero-order chi connectivity index (χ0) is 15.6. The average molecular weight is 331 g/mol. The molecule has 0 aliphatic rings. The Balaban J connectivity index is 2.28. The number of ether oxygens (including phenoxy) is 1. The second-order valence-corrected chi connectivity index (χ2v) is 6.78. The predicted octanol–water partition coefficient (Wildman–Crippen LogP) is 1.62. The lowest BCUT2D eigenvalue weighted by atomic mass is 10.2. The third-order valence-electron chi connectivity index (χ3n) is 2.62. The molecule has 0 spiro atoms. The van der Waals surface area contributed by atoms with Gasteiger partial charge >= 0.3 is 5.97 Å². The van der Waals surface area contributed by atoms with E-state index in [0.717, 1.165) is 11.6 Å². The first-order chi connectivity index (χ1) is 9.77. The smallest absolute Gasteiger partial charge is 0.339 e. The Kier molecular flexibility index (Phi) is 4.19. The van der Waals surface area contributed by atoms with Gasteiger partial charge in [-0.25, -0.2) is 13.2 Å². The maximum Gasteiger partial charge on any atom is 0.339 e. The van der Waals surface area contributed by atoms with Gasteiger partial charge in [0.15, 0.2) is 0 Å². The molecule has 0 aliphatic carbocycles. The summed E-state index contributed by atoms with van der Waals surface area (Å²) in [6, 6.07) is 3.41. The fourth-order valence-electron chi connectivity index (χ4n) is 1.66. The van der Waals surface area contributed by atoms with Gasteiger partial charge in [-0.2, -0.15) is 5.10 Å². The Labute approximate surface area is 125 Å². The summed E-state index contributed by atoms with van der Waals surface area (Å²) >= 11 is 0. The third-order valence-corrected chi connectivity index (χ3v) is 3.97. The number of halogens is 1. The Morgan fingerprint density at radius 1 is 1.48 bits per heavy atom. The van der Waals surface area contributed by atoms with Gasteiger partial charge in [0.1, 0.15) is 17.9 Å². The predicted molar refractivity (Wildman–Crippen MR) is 74.0 cm³/mol. The van der Waals surface area contributed by atoms with Crippen LogP contribution in [0.25, 0.3) is 0 Å². The Hall–Kier alpha value is -2.06. The summed E-state index contributed by atoms with van der Waals surface area (Å²) in [6.07, 6.45) is 3.30. The van der Waals surface area contributed by atoms with Crippen molar-refractivity contribution in [1.29, 1.82) is 0 Å². The first kappa shape index (κ1) is 15.3. The molecule has 1 N–H and O–H groups in total. The van der Waals surface area contributed by atoms with Crippen LogP contribution >= 0.6 is 10.7 Å². The van der Waals surface area contributed by atoms with E-state index < -0.39 is 15.0 Å². The first-order valence-corrected chi connectivity index (χ1v) is 8.00. The Bertz CT molecular complexity index is 785. The van der Waals surface area contributed by atoms with Crippen molar-refractivity contribution in [1.82, 2.24) is 9.78 Å². The molecule has 0 fully saturated rings. The largest absolute Gasteiger partial charge is 0.488 e. The van der Waals surface area contributed by atoms with Crippen LogP contribution in [0.15, 0.2) is 35.5 Å². The topological polar surface area (TPSA) is 98.5 Å². The molecule has 0 bridgehead atoms. The van der Waals surface area contributed by atoms with Gasteiger partial charge in [0.25, 0.3) is 9.05 Å². The quantitative estimate of drug-likeness (QED) is 0.836. The molecule has 0 radical (unpaired) electrons. The van der Waals surface area contributed by atoms with E-state index in [1.165, 1.54) is 12.1 Å². The normalized spacial score (nSPS) is 11.3. The van der Waals surface area contributed by atoms with E-state index in [1.54, 1.807) is 24.1 Å². The van der Waals surface area contributed by atoms with Crippen LogP contribution in [0.5, 0.6) is 5.75 Å². The first-order valence-electron chi connectivity index (χ1n) is 5.69. The van der Waals surface area contributed by atoms with Crippen LogP contribution < -0.4 is 4.74 Å². The summed E-state index contributed by atoms with van der Waals surface area (Å²) in [5, 5.41) is 13.1. The molecular weight excluding hydrogens is 320 g/mol. The number of aromatic nitrogens is 2. The SMILES string of the molecule is Cn1cc(COc2ccc(S(=O)(=O)Cl)cc2C(=O)O)cn1. The van der Waals surface area contributed by atoms with E-state index in [1.807, 2.05) is 0 Å². The highest BCUT2D eigenvalue weighted by atomic mass is 35.7. The zero-order valence-corrected chi connectivity index (χ0v) is 12.4. The molecule has 0 aliphatic heterocycles. The molecule has 1 aromatic carbocycles. The van der Waals surface area contributed by atoms with Crippen molar-refractivity contribution in [2.45, 2.75) is 11.5 Å². The summed E-state index contributed by atoms with van der Waals surface area (Å²) in [4.78, 5) is 10.9. The highest BCUT2D eigenvalue weighted by Crippen LogP contribution is 2.25. The summed E-state index contributed by atoms with van der Waals surface area (Å²) in [7, 11) is 2.93. The minimum atomic E-state index is -4.00. The van der Waals surface area contributed by atoms with Gasteiger partial charge in [-0.15, -0.1) is 0 Å². The van der Waals surface area contributed by atoms with Crippen LogP contribution in [0.2, 0.25) is 0 Å². The molecule has 0 saturated carbocycles. The zero-order valence-electron chi connectivity index (χ0n) is 10.9. The van der Waals surface area contributed by atoms with Crippen molar-refractivity contribution in [3.05, 3.63) is 41.7 Å². The summed E-state index contributed by atoms with van der Waals surface area (Å²) in [5.41, 5.74) is 0.475. The molecule has 0 unspecified atom stereocenters. The van der Waals surface area contributed by atoms with Crippen LogP contribution in [0, 0.1) is 0 Å². The summed E-state index contributed by atoms with van der Waals surface area (Å²) in [5.74, 6) is -1.26. The number of aryl methyl sites for hydroxylation is 1. The van der Waals surface area contributed by atoms with Crippen molar-refractivity contribution in [3.63, 3.8) is 0 Å². The van der Waals surface area contributed by atoms with Crippen LogP contribution in [-0.2, 0) is 22.7 Å². The van der Waals surface area contributed by atoms with Crippen LogP contribution in [-0.4, -0.2) is 29.3 Å². The minimum Gasteiger partial charge on any atom is -0.488 e. The molecule has 112 valence electrons. The van der Waals surface area contributed by atoms with Crippen molar-refractivity contribution in [3.8, 4) is 5.75 Å². The fraction of sp³-hybridized carbons (Fsp3) is 0.167. The van der Waals surface area contributed by atoms with Crippen LogP contribution in [0.4, 0.5) is 0 Å². The molecule has 1 heterocycles. The molecule has 1 aromatic heterocycles. The second-order valence-electron chi connectivity index (χ2n) is 4.21. The molecule has 2 aromatic rings. The molecule has 9 heteroatoms. The molecule has 0 amide bonds. The van der Waals surface area contributed by atoms with Gasteiger partial charge < -0.3 is 9.84 Å². The van der Waals surface area contributed by atoms with E-state index >= 15 is 0 Å². The van der Waals surface area contributed by atoms with Gasteiger partial charge in [0, 0.05) is 29.5 Å². The molecule has 7 nitrogen and oxygen atoms in total. The monoisotopic (exact) mass is 330 g/mol. The average Bonchev–Trinajstić information content (AvgIpc) is 2.80. The second kappa shape index (κ2) is 5.74. The lowest BCUT2D eigenvalue weighted by Gasteiger charge is -2.09. The lowest BCUT2D eigenvalue weighted by Crippen LogP contribution is -2.05. The van der Waals surface area contributed by atoms with E-state index in [2.05, 4.69) is 5.10 Å². The van der Waals surface area contributed by atoms with E-state index in [9.17, 15) is 13.2 Å². The van der Waals surface area contributed by atoms with Gasteiger partial charge in [-0.05, 0) is 18.2 Å². The summed E-state index contributed by atoms with van der Waals surface area (Å²) < 4.78 is 29.4. The highest BCUT2D eigenvalue weighted by Gasteiger charge is 2.18. The maximum absolute atomic E-state index is 11.2. The number of carboxylic acids is 1. The lowest BCUT2D eigenvalue weighted by molar-refractivity contribution is 0.0691. The maximum atomic E-state index is 11.2. The number of aromatic carboxylic acids is 1. The number of carbonyl (C=O) groups is 1. The van der Waals surface area contributed by atoms with Crippen LogP contribution in [0.3, 0.4) is 0 Å². The minimum absolute atomic E-state index is 0.0513. The number of rotatable bonds is 5. The van der Waals surface area contributed by atoms with Crippen molar-refractivity contribution >= 4 is 25.7 Å². The Morgan fingerprint density at radius 3 is 2.71 bits per heavy atom. The van der Waals surface area contributed by atoms with E-state index in [0.29, 0.717) is 0 Å². The van der Waals surface area contributed by atoms with Crippen molar-refractivity contribution in [2.24, 2.45) is 7.05 Å². The number of hydrogen-bond donors (Lipinski definition) is 1. The number of benzene rings is 1. The van der Waals surface area contributed by atoms with E-state index in [4.69, 9.17) is 20.5 Å². The molecular formula is C12H11ClN2O5S. The fourth-order valence-corrected chi connectivity index (χ4v) is 2.44. The third kappa shape index (κ3) is 3.73. The molecule has 0 atom stereocenters. The molecule has 21 heavy (non-hydrogen) atoms. The number of hydrogen-bond acceptors (Lipinski definition) is 5. The Morgan fingerprint density at radius 2 is 2.19 bits per heavy atom. The molecule has 0 saturated heterocycles. The number of carboxylic acid groups (broad SMARTS) is 1. The standard InChI is InChI=1S/C12H11ClN2O5S/c1-15-6-8(5-14-15)7-20-11-3-2-9(21(13,18)19)4-10(11)12(16)17/h2-6H,7H2,1H3,(H,16,17).